The molecule has 21 heavy (non-hydrogen) atoms. The number of methoxy groups -OCH3 is 1. The van der Waals surface area contributed by atoms with Crippen molar-refractivity contribution in [3.05, 3.63) is 58.1 Å². The third-order valence-corrected chi connectivity index (χ3v) is 4.05. The van der Waals surface area contributed by atoms with E-state index in [0.29, 0.717) is 12.1 Å². The van der Waals surface area contributed by atoms with E-state index >= 15 is 0 Å². The highest BCUT2D eigenvalue weighted by molar-refractivity contribution is 9.10. The fourth-order valence-electron chi connectivity index (χ4n) is 2.15. The molecule has 2 aromatic carbocycles. The summed E-state index contributed by atoms with van der Waals surface area (Å²) in [4.78, 5) is 2.05. The van der Waals surface area contributed by atoms with Gasteiger partial charge >= 0.3 is 0 Å². The highest BCUT2D eigenvalue weighted by atomic mass is 79.9. The van der Waals surface area contributed by atoms with Crippen molar-refractivity contribution < 1.29 is 4.74 Å². The number of halogens is 1. The van der Waals surface area contributed by atoms with Crippen LogP contribution in [0.15, 0.2) is 46.9 Å². The Hall–Kier alpha value is -2.01. The van der Waals surface area contributed by atoms with Crippen LogP contribution in [0.3, 0.4) is 0 Å². The quantitative estimate of drug-likeness (QED) is 0.643. The number of benzene rings is 2. The maximum atomic E-state index is 7.72. The zero-order chi connectivity index (χ0) is 15.4. The Kier molecular flexibility index (Phi) is 4.85. The molecule has 0 aliphatic carbocycles. The molecule has 0 fully saturated rings. The number of nitrogens with two attached hydrogens (primary N) is 1. The Bertz CT molecular complexity index is 658. The number of hydrogen-bond donors (Lipinski definition) is 2. The third-order valence-electron chi connectivity index (χ3n) is 3.27. The van der Waals surface area contributed by atoms with E-state index in [0.717, 1.165) is 21.5 Å². The minimum absolute atomic E-state index is 0.0478. The van der Waals surface area contributed by atoms with Crippen molar-refractivity contribution in [2.45, 2.75) is 6.54 Å². The van der Waals surface area contributed by atoms with Gasteiger partial charge in [0.1, 0.15) is 11.6 Å². The normalized spacial score (nSPS) is 10.2. The molecule has 5 heteroatoms. The van der Waals surface area contributed by atoms with Gasteiger partial charge in [0.05, 0.1) is 12.8 Å². The number of nitrogens with zero attached hydrogens (tertiary/aromatic N) is 1. The minimum atomic E-state index is 0.0478. The van der Waals surface area contributed by atoms with Gasteiger partial charge in [0.25, 0.3) is 0 Å². The molecule has 0 atom stereocenters. The molecular formula is C16H18BrN3O. The summed E-state index contributed by atoms with van der Waals surface area (Å²) in [6.07, 6.45) is 0. The minimum Gasteiger partial charge on any atom is -0.497 e. The first-order chi connectivity index (χ1) is 10.0. The summed E-state index contributed by atoms with van der Waals surface area (Å²) in [6, 6.07) is 13.6. The Labute approximate surface area is 133 Å². The van der Waals surface area contributed by atoms with Crippen LogP contribution in [0.5, 0.6) is 5.75 Å². The fraction of sp³-hybridized carbons (Fsp3) is 0.188. The van der Waals surface area contributed by atoms with E-state index in [-0.39, 0.29) is 5.84 Å². The summed E-state index contributed by atoms with van der Waals surface area (Å²) < 4.78 is 6.33. The molecule has 0 spiro atoms. The van der Waals surface area contributed by atoms with Gasteiger partial charge in [0.2, 0.25) is 0 Å². The second-order valence-corrected chi connectivity index (χ2v) is 5.60. The van der Waals surface area contributed by atoms with E-state index in [1.54, 1.807) is 7.11 Å². The van der Waals surface area contributed by atoms with Gasteiger partial charge < -0.3 is 15.4 Å². The SMILES string of the molecule is COc1ccc(C(=N)N)c(N(C)Cc2ccccc2Br)c1. The van der Waals surface area contributed by atoms with Gasteiger partial charge in [-0.3, -0.25) is 5.41 Å². The predicted molar refractivity (Wildman–Crippen MR) is 90.3 cm³/mol. The van der Waals surface area contributed by atoms with Crippen LogP contribution in [-0.4, -0.2) is 20.0 Å². The summed E-state index contributed by atoms with van der Waals surface area (Å²) in [7, 11) is 3.60. The molecular weight excluding hydrogens is 330 g/mol. The maximum Gasteiger partial charge on any atom is 0.124 e. The van der Waals surface area contributed by atoms with Crippen LogP contribution < -0.4 is 15.4 Å². The Morgan fingerprint density at radius 2 is 2.00 bits per heavy atom. The van der Waals surface area contributed by atoms with Crippen LogP contribution in [0.1, 0.15) is 11.1 Å². The maximum absolute atomic E-state index is 7.72. The van der Waals surface area contributed by atoms with Crippen LogP contribution in [0, 0.1) is 5.41 Å². The van der Waals surface area contributed by atoms with E-state index < -0.39 is 0 Å². The van der Waals surface area contributed by atoms with Gasteiger partial charge in [-0.15, -0.1) is 0 Å². The molecule has 0 radical (unpaired) electrons. The van der Waals surface area contributed by atoms with Crippen molar-refractivity contribution in [1.82, 2.24) is 0 Å². The number of anilines is 1. The van der Waals surface area contributed by atoms with Gasteiger partial charge in [0, 0.05) is 29.7 Å². The topological polar surface area (TPSA) is 62.3 Å². The molecule has 0 amide bonds. The fourth-order valence-corrected chi connectivity index (χ4v) is 2.56. The smallest absolute Gasteiger partial charge is 0.124 e. The highest BCUT2D eigenvalue weighted by Crippen LogP contribution is 2.27. The zero-order valence-corrected chi connectivity index (χ0v) is 13.6. The summed E-state index contributed by atoms with van der Waals surface area (Å²) in [6.45, 7) is 0.703. The molecule has 0 bridgehead atoms. The molecule has 0 heterocycles. The van der Waals surface area contributed by atoms with E-state index in [4.69, 9.17) is 15.9 Å². The molecule has 0 saturated heterocycles. The first kappa shape index (κ1) is 15.4. The molecule has 4 nitrogen and oxygen atoms in total. The zero-order valence-electron chi connectivity index (χ0n) is 12.1. The molecule has 0 saturated carbocycles. The summed E-state index contributed by atoms with van der Waals surface area (Å²) in [5, 5.41) is 7.72. The molecule has 0 unspecified atom stereocenters. The summed E-state index contributed by atoms with van der Waals surface area (Å²) in [5.41, 5.74) is 8.41. The van der Waals surface area contributed by atoms with Crippen molar-refractivity contribution in [3.63, 3.8) is 0 Å². The average Bonchev–Trinajstić information content (AvgIpc) is 2.48. The van der Waals surface area contributed by atoms with Gasteiger partial charge in [0.15, 0.2) is 0 Å². The van der Waals surface area contributed by atoms with Gasteiger partial charge in [-0.25, -0.2) is 0 Å². The predicted octanol–water partition coefficient (Wildman–Crippen LogP) is 3.38. The largest absolute Gasteiger partial charge is 0.497 e. The molecule has 2 rings (SSSR count). The lowest BCUT2D eigenvalue weighted by Gasteiger charge is -2.23. The molecule has 0 aliphatic rings. The van der Waals surface area contributed by atoms with Crippen LogP contribution in [0.4, 0.5) is 5.69 Å². The molecule has 2 aromatic rings. The molecule has 3 N–H and O–H groups in total. The number of nitrogens with one attached hydrogen (secondary N) is 1. The van der Waals surface area contributed by atoms with E-state index in [9.17, 15) is 0 Å². The third kappa shape index (κ3) is 3.55. The molecule has 0 aliphatic heterocycles. The van der Waals surface area contributed by atoms with Crippen LogP contribution in [0.25, 0.3) is 0 Å². The summed E-state index contributed by atoms with van der Waals surface area (Å²) in [5.74, 6) is 0.792. The second kappa shape index (κ2) is 6.63. The van der Waals surface area contributed by atoms with Crippen molar-refractivity contribution in [1.29, 1.82) is 5.41 Å². The first-order valence-corrected chi connectivity index (χ1v) is 7.29. The molecule has 110 valence electrons. The second-order valence-electron chi connectivity index (χ2n) is 4.74. The number of amidine groups is 1. The summed E-state index contributed by atoms with van der Waals surface area (Å²) >= 11 is 3.55. The standard InChI is InChI=1S/C16H18BrN3O/c1-20(10-11-5-3-4-6-14(11)17)15-9-12(21-2)7-8-13(15)16(18)19/h3-9H,10H2,1-2H3,(H3,18,19). The monoisotopic (exact) mass is 347 g/mol. The number of hydrogen-bond acceptors (Lipinski definition) is 3. The van der Waals surface area contributed by atoms with Crippen molar-refractivity contribution in [3.8, 4) is 5.75 Å². The molecule has 0 aromatic heterocycles. The number of rotatable bonds is 5. The lowest BCUT2D eigenvalue weighted by atomic mass is 10.1. The average molecular weight is 348 g/mol. The lowest BCUT2D eigenvalue weighted by molar-refractivity contribution is 0.415. The Balaban J connectivity index is 2.35. The van der Waals surface area contributed by atoms with Gasteiger partial charge in [-0.05, 0) is 23.8 Å². The number of ether oxygens (including phenoxy) is 1. The van der Waals surface area contributed by atoms with Gasteiger partial charge in [-0.1, -0.05) is 34.1 Å². The van der Waals surface area contributed by atoms with Crippen LogP contribution in [0.2, 0.25) is 0 Å². The van der Waals surface area contributed by atoms with Crippen molar-refractivity contribution in [2.75, 3.05) is 19.1 Å². The van der Waals surface area contributed by atoms with Crippen LogP contribution in [-0.2, 0) is 6.54 Å². The first-order valence-electron chi connectivity index (χ1n) is 6.50. The lowest BCUT2D eigenvalue weighted by Crippen LogP contribution is -2.22. The highest BCUT2D eigenvalue weighted by Gasteiger charge is 2.12. The Morgan fingerprint density at radius 3 is 2.62 bits per heavy atom. The Morgan fingerprint density at radius 1 is 1.29 bits per heavy atom. The van der Waals surface area contributed by atoms with E-state index in [2.05, 4.69) is 26.9 Å². The van der Waals surface area contributed by atoms with E-state index in [1.807, 2.05) is 43.4 Å². The van der Waals surface area contributed by atoms with Crippen LogP contribution >= 0.6 is 15.9 Å². The van der Waals surface area contributed by atoms with Crippen molar-refractivity contribution in [2.24, 2.45) is 5.73 Å². The van der Waals surface area contributed by atoms with Gasteiger partial charge in [-0.2, -0.15) is 0 Å². The van der Waals surface area contributed by atoms with E-state index in [1.165, 1.54) is 0 Å². The van der Waals surface area contributed by atoms with Crippen molar-refractivity contribution >= 4 is 27.5 Å². The number of nitrogen functional groups attached to an aromatic ring is 1.